The van der Waals surface area contributed by atoms with Crippen molar-refractivity contribution in [2.75, 3.05) is 33.8 Å². The molecule has 30 heavy (non-hydrogen) atoms. The zero-order valence-electron chi connectivity index (χ0n) is 19.6. The summed E-state index contributed by atoms with van der Waals surface area (Å²) in [7, 11) is 4.09. The second-order valence-corrected chi connectivity index (χ2v) is 10.2. The maximum atomic E-state index is 12.9. The largest absolute Gasteiger partial charge is 0.494 e. The molecule has 166 valence electrons. The molecule has 0 saturated heterocycles. The fraction of sp³-hybridized carbons (Fsp3) is 0.731. The topological polar surface area (TPSA) is 32.8 Å². The van der Waals surface area contributed by atoms with Crippen molar-refractivity contribution in [3.8, 4) is 5.75 Å². The van der Waals surface area contributed by atoms with Gasteiger partial charge in [0.1, 0.15) is 5.75 Å². The molecule has 0 aliphatic heterocycles. The summed E-state index contributed by atoms with van der Waals surface area (Å²) >= 11 is 0. The molecule has 0 aromatic heterocycles. The molecule has 1 amide bonds. The highest BCUT2D eigenvalue weighted by molar-refractivity contribution is 5.78. The van der Waals surface area contributed by atoms with E-state index in [1.807, 2.05) is 7.05 Å². The van der Waals surface area contributed by atoms with Crippen LogP contribution in [0.1, 0.15) is 69.9 Å². The van der Waals surface area contributed by atoms with E-state index in [4.69, 9.17) is 4.74 Å². The lowest BCUT2D eigenvalue weighted by molar-refractivity contribution is -0.136. The molecule has 4 nitrogen and oxygen atoms in total. The number of benzene rings is 1. The maximum absolute atomic E-state index is 12.9. The SMILES string of the molecule is CCOc1ccc2c(c1)CCC1C2CC[C@@]2(C)C1CC[C@@H]2N(C)C(=O)CN(C)CC. The summed E-state index contributed by atoms with van der Waals surface area (Å²) in [5, 5.41) is 0. The Morgan fingerprint density at radius 1 is 1.17 bits per heavy atom. The first-order valence-corrected chi connectivity index (χ1v) is 12.1. The normalized spacial score (nSPS) is 32.3. The van der Waals surface area contributed by atoms with E-state index in [1.54, 1.807) is 5.56 Å². The van der Waals surface area contributed by atoms with Crippen LogP contribution in [-0.2, 0) is 11.2 Å². The number of likely N-dealkylation sites (N-methyl/N-ethyl adjacent to an activating group) is 2. The van der Waals surface area contributed by atoms with Crippen LogP contribution < -0.4 is 4.74 Å². The summed E-state index contributed by atoms with van der Waals surface area (Å²) in [5.41, 5.74) is 3.35. The third-order valence-corrected chi connectivity index (χ3v) is 8.76. The summed E-state index contributed by atoms with van der Waals surface area (Å²) in [5.74, 6) is 3.49. The molecule has 4 rings (SSSR count). The summed E-state index contributed by atoms with van der Waals surface area (Å²) in [6.07, 6.45) is 7.39. The molecular weight excluding hydrogens is 372 g/mol. The van der Waals surface area contributed by atoms with Crippen molar-refractivity contribution in [3.63, 3.8) is 0 Å². The number of carbonyl (C=O) groups is 1. The number of hydrogen-bond acceptors (Lipinski definition) is 3. The molecule has 1 aromatic carbocycles. The Hall–Kier alpha value is -1.55. The van der Waals surface area contributed by atoms with E-state index in [-0.39, 0.29) is 11.3 Å². The molecule has 0 N–H and O–H groups in total. The number of rotatable bonds is 6. The highest BCUT2D eigenvalue weighted by Crippen LogP contribution is 2.61. The van der Waals surface area contributed by atoms with Crippen LogP contribution in [0.4, 0.5) is 0 Å². The van der Waals surface area contributed by atoms with Crippen molar-refractivity contribution >= 4 is 5.91 Å². The zero-order valence-corrected chi connectivity index (χ0v) is 19.6. The van der Waals surface area contributed by atoms with Gasteiger partial charge in [-0.25, -0.2) is 0 Å². The molecule has 3 aliphatic carbocycles. The van der Waals surface area contributed by atoms with Gasteiger partial charge in [0.25, 0.3) is 0 Å². The van der Waals surface area contributed by atoms with Crippen LogP contribution in [0.15, 0.2) is 18.2 Å². The minimum atomic E-state index is 0.263. The van der Waals surface area contributed by atoms with Crippen LogP contribution in [0, 0.1) is 17.3 Å². The highest BCUT2D eigenvalue weighted by Gasteiger charge is 2.56. The molecular formula is C26H40N2O2. The number of aryl methyl sites for hydroxylation is 1. The van der Waals surface area contributed by atoms with E-state index in [9.17, 15) is 4.79 Å². The van der Waals surface area contributed by atoms with Gasteiger partial charge in [0, 0.05) is 13.1 Å². The van der Waals surface area contributed by atoms with Gasteiger partial charge in [0.2, 0.25) is 5.91 Å². The maximum Gasteiger partial charge on any atom is 0.236 e. The van der Waals surface area contributed by atoms with E-state index < -0.39 is 0 Å². The predicted octanol–water partition coefficient (Wildman–Crippen LogP) is 4.72. The number of carbonyl (C=O) groups excluding carboxylic acids is 1. The highest BCUT2D eigenvalue weighted by atomic mass is 16.5. The van der Waals surface area contributed by atoms with E-state index in [0.29, 0.717) is 18.5 Å². The molecule has 4 heteroatoms. The first-order valence-electron chi connectivity index (χ1n) is 12.1. The molecule has 3 aliphatic rings. The van der Waals surface area contributed by atoms with Crippen LogP contribution >= 0.6 is 0 Å². The smallest absolute Gasteiger partial charge is 0.236 e. The zero-order chi connectivity index (χ0) is 21.5. The standard InChI is InChI=1S/C26H40N2O2/c1-6-27(4)17-25(29)28(5)24-13-12-23-22-10-8-18-16-19(30-7-2)9-11-20(18)21(22)14-15-26(23,24)3/h9,11,16,21-24H,6-8,10,12-15,17H2,1-5H3/t21?,22?,23?,24-,26-/m0/s1. The Labute approximate surface area is 183 Å². The molecule has 5 atom stereocenters. The Morgan fingerprint density at radius 2 is 1.97 bits per heavy atom. The van der Waals surface area contributed by atoms with Gasteiger partial charge in [-0.2, -0.15) is 0 Å². The second-order valence-electron chi connectivity index (χ2n) is 10.2. The van der Waals surface area contributed by atoms with Gasteiger partial charge in [-0.05, 0) is 105 Å². The minimum absolute atomic E-state index is 0.263. The summed E-state index contributed by atoms with van der Waals surface area (Å²) < 4.78 is 5.75. The summed E-state index contributed by atoms with van der Waals surface area (Å²) in [6.45, 7) is 8.83. The molecule has 3 unspecified atom stereocenters. The Morgan fingerprint density at radius 3 is 2.70 bits per heavy atom. The number of ether oxygens (including phenoxy) is 1. The van der Waals surface area contributed by atoms with Crippen LogP contribution in [0.2, 0.25) is 0 Å². The van der Waals surface area contributed by atoms with Crippen molar-refractivity contribution in [2.24, 2.45) is 17.3 Å². The monoisotopic (exact) mass is 412 g/mol. The van der Waals surface area contributed by atoms with E-state index in [1.165, 1.54) is 44.1 Å². The quantitative estimate of drug-likeness (QED) is 0.678. The lowest BCUT2D eigenvalue weighted by Gasteiger charge is -2.52. The Kier molecular flexibility index (Phi) is 6.16. The molecule has 2 fully saturated rings. The van der Waals surface area contributed by atoms with Crippen molar-refractivity contribution < 1.29 is 9.53 Å². The molecule has 0 radical (unpaired) electrons. The van der Waals surface area contributed by atoms with Gasteiger partial charge in [-0.3, -0.25) is 9.69 Å². The van der Waals surface area contributed by atoms with Crippen LogP contribution in [0.25, 0.3) is 0 Å². The van der Waals surface area contributed by atoms with Crippen molar-refractivity contribution in [2.45, 2.75) is 71.3 Å². The second kappa shape index (κ2) is 8.53. The van der Waals surface area contributed by atoms with E-state index >= 15 is 0 Å². The lowest BCUT2D eigenvalue weighted by Crippen LogP contribution is -2.52. The predicted molar refractivity (Wildman–Crippen MR) is 122 cm³/mol. The number of fused-ring (bicyclic) bond motifs is 5. The molecule has 1 aromatic rings. The fourth-order valence-electron chi connectivity index (χ4n) is 7.05. The number of hydrogen-bond donors (Lipinski definition) is 0. The number of nitrogens with zero attached hydrogens (tertiary/aromatic N) is 2. The van der Waals surface area contributed by atoms with Gasteiger partial charge in [-0.1, -0.05) is 19.9 Å². The van der Waals surface area contributed by atoms with Gasteiger partial charge in [-0.15, -0.1) is 0 Å². The van der Waals surface area contributed by atoms with Gasteiger partial charge < -0.3 is 9.64 Å². The third kappa shape index (κ3) is 3.66. The van der Waals surface area contributed by atoms with Crippen LogP contribution in [0.3, 0.4) is 0 Å². The van der Waals surface area contributed by atoms with Crippen molar-refractivity contribution in [1.82, 2.24) is 9.80 Å². The van der Waals surface area contributed by atoms with E-state index in [2.05, 4.69) is 55.8 Å². The van der Waals surface area contributed by atoms with E-state index in [0.717, 1.165) is 30.7 Å². The van der Waals surface area contributed by atoms with Gasteiger partial charge >= 0.3 is 0 Å². The number of amides is 1. The van der Waals surface area contributed by atoms with Crippen molar-refractivity contribution in [3.05, 3.63) is 29.3 Å². The molecule has 0 spiro atoms. The lowest BCUT2D eigenvalue weighted by atomic mass is 9.55. The Balaban J connectivity index is 1.52. The third-order valence-electron chi connectivity index (χ3n) is 8.76. The summed E-state index contributed by atoms with van der Waals surface area (Å²) in [4.78, 5) is 17.1. The first-order chi connectivity index (χ1) is 14.4. The van der Waals surface area contributed by atoms with Gasteiger partial charge in [0.05, 0.1) is 13.2 Å². The van der Waals surface area contributed by atoms with Crippen LogP contribution in [-0.4, -0.2) is 55.5 Å². The average Bonchev–Trinajstić information content (AvgIpc) is 3.10. The molecule has 0 heterocycles. The van der Waals surface area contributed by atoms with Gasteiger partial charge in [0.15, 0.2) is 0 Å². The van der Waals surface area contributed by atoms with Crippen molar-refractivity contribution in [1.29, 1.82) is 0 Å². The first kappa shape index (κ1) is 21.7. The van der Waals surface area contributed by atoms with Crippen LogP contribution in [0.5, 0.6) is 5.75 Å². The summed E-state index contributed by atoms with van der Waals surface area (Å²) in [6, 6.07) is 7.20. The molecule has 0 bridgehead atoms. The molecule has 2 saturated carbocycles. The minimum Gasteiger partial charge on any atom is -0.494 e. The Bertz CT molecular complexity index is 778. The fourth-order valence-corrected chi connectivity index (χ4v) is 7.05. The average molecular weight is 413 g/mol.